The topological polar surface area (TPSA) is 49.7 Å². The van der Waals surface area contributed by atoms with E-state index in [2.05, 4.69) is 0 Å². The van der Waals surface area contributed by atoms with Crippen LogP contribution in [0.4, 0.5) is 0 Å². The molecule has 0 radical (unpaired) electrons. The third kappa shape index (κ3) is 1.72. The van der Waals surface area contributed by atoms with Crippen LogP contribution in [0.2, 0.25) is 0 Å². The van der Waals surface area contributed by atoms with Gasteiger partial charge in [0.2, 0.25) is 0 Å². The molecule has 0 unspecified atom stereocenters. The highest BCUT2D eigenvalue weighted by atomic mass is 16.5. The maximum atomic E-state index is 9.52. The SMILES string of the molecule is CC[C@H]1OC[C@H](O)[C@@H](C)[C@H]1O. The van der Waals surface area contributed by atoms with Crippen molar-refractivity contribution in [1.82, 2.24) is 0 Å². The Morgan fingerprint density at radius 1 is 1.45 bits per heavy atom. The molecular formula is C8H16O3. The molecule has 66 valence electrons. The van der Waals surface area contributed by atoms with Gasteiger partial charge in [-0.3, -0.25) is 0 Å². The summed E-state index contributed by atoms with van der Waals surface area (Å²) in [6, 6.07) is 0. The maximum absolute atomic E-state index is 9.52. The van der Waals surface area contributed by atoms with E-state index in [-0.39, 0.29) is 12.0 Å². The molecule has 0 bridgehead atoms. The summed E-state index contributed by atoms with van der Waals surface area (Å²) in [5, 5.41) is 18.8. The molecule has 3 heteroatoms. The zero-order valence-electron chi connectivity index (χ0n) is 7.03. The van der Waals surface area contributed by atoms with Crippen LogP contribution in [0.5, 0.6) is 0 Å². The predicted molar refractivity (Wildman–Crippen MR) is 41.2 cm³/mol. The van der Waals surface area contributed by atoms with Gasteiger partial charge in [0.05, 0.1) is 24.9 Å². The molecule has 0 spiro atoms. The number of ether oxygens (including phenoxy) is 1. The molecule has 1 aliphatic rings. The minimum Gasteiger partial charge on any atom is -0.390 e. The number of hydrogen-bond acceptors (Lipinski definition) is 3. The van der Waals surface area contributed by atoms with E-state index in [9.17, 15) is 10.2 Å². The summed E-state index contributed by atoms with van der Waals surface area (Å²) < 4.78 is 5.22. The van der Waals surface area contributed by atoms with E-state index in [1.54, 1.807) is 0 Å². The fourth-order valence-electron chi connectivity index (χ4n) is 1.40. The fourth-order valence-corrected chi connectivity index (χ4v) is 1.40. The molecule has 0 amide bonds. The molecule has 1 saturated heterocycles. The largest absolute Gasteiger partial charge is 0.390 e. The Morgan fingerprint density at radius 3 is 2.64 bits per heavy atom. The van der Waals surface area contributed by atoms with Crippen LogP contribution in [-0.2, 0) is 4.74 Å². The first-order valence-corrected chi connectivity index (χ1v) is 4.14. The van der Waals surface area contributed by atoms with Gasteiger partial charge in [-0.25, -0.2) is 0 Å². The molecule has 0 saturated carbocycles. The Morgan fingerprint density at radius 2 is 2.09 bits per heavy atom. The Bertz CT molecular complexity index is 125. The summed E-state index contributed by atoms with van der Waals surface area (Å²) in [6.07, 6.45) is -0.303. The Kier molecular flexibility index (Phi) is 2.87. The standard InChI is InChI=1S/C8H16O3/c1-3-7-8(10)5(2)6(9)4-11-7/h5-10H,3-4H2,1-2H3/t5-,6+,7-,8-/m1/s1. The zero-order chi connectivity index (χ0) is 8.43. The van der Waals surface area contributed by atoms with E-state index >= 15 is 0 Å². The average Bonchev–Trinajstić information content (AvgIpc) is 2.01. The second-order valence-electron chi connectivity index (χ2n) is 3.20. The fraction of sp³-hybridized carbons (Fsp3) is 1.00. The van der Waals surface area contributed by atoms with Gasteiger partial charge in [-0.15, -0.1) is 0 Å². The van der Waals surface area contributed by atoms with Crippen molar-refractivity contribution in [3.05, 3.63) is 0 Å². The highest BCUT2D eigenvalue weighted by molar-refractivity contribution is 4.83. The monoisotopic (exact) mass is 160 g/mol. The van der Waals surface area contributed by atoms with Crippen LogP contribution in [0.15, 0.2) is 0 Å². The van der Waals surface area contributed by atoms with Gasteiger partial charge in [-0.2, -0.15) is 0 Å². The molecule has 2 N–H and O–H groups in total. The first kappa shape index (κ1) is 8.97. The highest BCUT2D eigenvalue weighted by Gasteiger charge is 2.34. The molecule has 1 rings (SSSR count). The average molecular weight is 160 g/mol. The normalized spacial score (nSPS) is 45.8. The quantitative estimate of drug-likeness (QED) is 0.574. The van der Waals surface area contributed by atoms with Crippen LogP contribution in [0.1, 0.15) is 20.3 Å². The van der Waals surface area contributed by atoms with Crippen molar-refractivity contribution >= 4 is 0 Å². The van der Waals surface area contributed by atoms with Gasteiger partial charge in [0.1, 0.15) is 0 Å². The number of rotatable bonds is 1. The Balaban J connectivity index is 2.52. The molecule has 1 aliphatic heterocycles. The lowest BCUT2D eigenvalue weighted by molar-refractivity contribution is -0.154. The first-order chi connectivity index (χ1) is 5.16. The summed E-state index contributed by atoms with van der Waals surface area (Å²) in [7, 11) is 0. The van der Waals surface area contributed by atoms with E-state index in [1.807, 2.05) is 13.8 Å². The third-order valence-electron chi connectivity index (χ3n) is 2.41. The van der Waals surface area contributed by atoms with Crippen molar-refractivity contribution in [2.75, 3.05) is 6.61 Å². The predicted octanol–water partition coefficient (Wildman–Crippen LogP) is 0.153. The molecule has 0 aromatic carbocycles. The molecule has 0 aromatic rings. The lowest BCUT2D eigenvalue weighted by Gasteiger charge is -2.35. The van der Waals surface area contributed by atoms with Crippen molar-refractivity contribution < 1.29 is 14.9 Å². The van der Waals surface area contributed by atoms with E-state index in [1.165, 1.54) is 0 Å². The van der Waals surface area contributed by atoms with E-state index < -0.39 is 12.2 Å². The van der Waals surface area contributed by atoms with E-state index in [0.29, 0.717) is 6.61 Å². The smallest absolute Gasteiger partial charge is 0.0852 e. The summed E-state index contributed by atoms with van der Waals surface area (Å²) in [6.45, 7) is 4.18. The molecule has 4 atom stereocenters. The van der Waals surface area contributed by atoms with Crippen LogP contribution in [0.25, 0.3) is 0 Å². The zero-order valence-corrected chi connectivity index (χ0v) is 7.03. The lowest BCUT2D eigenvalue weighted by Crippen LogP contribution is -2.47. The molecule has 0 aliphatic carbocycles. The molecular weight excluding hydrogens is 144 g/mol. The summed E-state index contributed by atoms with van der Waals surface area (Å²) in [4.78, 5) is 0. The van der Waals surface area contributed by atoms with Crippen molar-refractivity contribution in [3.63, 3.8) is 0 Å². The highest BCUT2D eigenvalue weighted by Crippen LogP contribution is 2.22. The molecule has 1 heterocycles. The van der Waals surface area contributed by atoms with Crippen LogP contribution < -0.4 is 0 Å². The number of aliphatic hydroxyl groups excluding tert-OH is 2. The van der Waals surface area contributed by atoms with Crippen LogP contribution in [-0.4, -0.2) is 35.1 Å². The van der Waals surface area contributed by atoms with Gasteiger partial charge < -0.3 is 14.9 Å². The maximum Gasteiger partial charge on any atom is 0.0852 e. The van der Waals surface area contributed by atoms with Crippen molar-refractivity contribution in [1.29, 1.82) is 0 Å². The molecule has 1 fully saturated rings. The summed E-state index contributed by atoms with van der Waals surface area (Å²) >= 11 is 0. The second kappa shape index (κ2) is 3.52. The van der Waals surface area contributed by atoms with Crippen LogP contribution in [0, 0.1) is 5.92 Å². The van der Waals surface area contributed by atoms with Crippen molar-refractivity contribution in [3.8, 4) is 0 Å². The van der Waals surface area contributed by atoms with Gasteiger partial charge in [0, 0.05) is 5.92 Å². The molecule has 3 nitrogen and oxygen atoms in total. The second-order valence-corrected chi connectivity index (χ2v) is 3.20. The van der Waals surface area contributed by atoms with Gasteiger partial charge in [0.15, 0.2) is 0 Å². The van der Waals surface area contributed by atoms with Crippen molar-refractivity contribution in [2.45, 2.75) is 38.6 Å². The minimum absolute atomic E-state index is 0.0614. The summed E-state index contributed by atoms with van der Waals surface area (Å²) in [5.41, 5.74) is 0. The minimum atomic E-state index is -0.510. The van der Waals surface area contributed by atoms with E-state index in [4.69, 9.17) is 4.74 Å². The first-order valence-electron chi connectivity index (χ1n) is 4.14. The van der Waals surface area contributed by atoms with Gasteiger partial charge in [-0.05, 0) is 6.42 Å². The lowest BCUT2D eigenvalue weighted by atomic mass is 9.91. The van der Waals surface area contributed by atoms with Gasteiger partial charge >= 0.3 is 0 Å². The third-order valence-corrected chi connectivity index (χ3v) is 2.41. The van der Waals surface area contributed by atoms with Crippen molar-refractivity contribution in [2.24, 2.45) is 5.92 Å². The number of aliphatic hydroxyl groups is 2. The van der Waals surface area contributed by atoms with Gasteiger partial charge in [0.25, 0.3) is 0 Å². The van der Waals surface area contributed by atoms with E-state index in [0.717, 1.165) is 6.42 Å². The molecule has 0 aromatic heterocycles. The number of hydrogen-bond donors (Lipinski definition) is 2. The molecule has 11 heavy (non-hydrogen) atoms. The Labute approximate surface area is 67.0 Å². The Hall–Kier alpha value is -0.120. The van der Waals surface area contributed by atoms with Gasteiger partial charge in [-0.1, -0.05) is 13.8 Å². The van der Waals surface area contributed by atoms with Crippen LogP contribution >= 0.6 is 0 Å². The van der Waals surface area contributed by atoms with Crippen LogP contribution in [0.3, 0.4) is 0 Å². The summed E-state index contributed by atoms with van der Waals surface area (Å²) in [5.74, 6) is -0.0614.